The van der Waals surface area contributed by atoms with Gasteiger partial charge < -0.3 is 15.5 Å². The molecule has 0 amide bonds. The van der Waals surface area contributed by atoms with E-state index in [4.69, 9.17) is 0 Å². The summed E-state index contributed by atoms with van der Waals surface area (Å²) in [6.07, 6.45) is 1.78. The number of aliphatic hydroxyl groups excluding tert-OH is 2. The van der Waals surface area contributed by atoms with E-state index in [9.17, 15) is 10.2 Å². The van der Waals surface area contributed by atoms with Crippen molar-refractivity contribution in [2.45, 2.75) is 51.4 Å². The maximum absolute atomic E-state index is 9.84. The fraction of sp³-hybridized carbons (Fsp3) is 0.647. The average Bonchev–Trinajstić information content (AvgIpc) is 2.52. The zero-order valence-corrected chi connectivity index (χ0v) is 14.0. The molecule has 1 aromatic carbocycles. The summed E-state index contributed by atoms with van der Waals surface area (Å²) in [4.78, 5) is 0. The molecule has 0 aromatic heterocycles. The lowest BCUT2D eigenvalue weighted by molar-refractivity contribution is 0.0223. The van der Waals surface area contributed by atoms with E-state index in [1.54, 1.807) is 0 Å². The Hall–Kier alpha value is -0.550. The number of piperidine rings is 1. The van der Waals surface area contributed by atoms with Crippen LogP contribution in [0.1, 0.15) is 32.3 Å². The van der Waals surface area contributed by atoms with Crippen LogP contribution in [-0.2, 0) is 6.42 Å². The van der Waals surface area contributed by atoms with Crippen molar-refractivity contribution in [1.82, 2.24) is 5.32 Å². The third-order valence-electron chi connectivity index (χ3n) is 3.54. The van der Waals surface area contributed by atoms with Crippen molar-refractivity contribution in [2.24, 2.45) is 0 Å². The van der Waals surface area contributed by atoms with Gasteiger partial charge in [-0.1, -0.05) is 44.2 Å². The number of rotatable bonds is 6. The molecule has 0 bridgehead atoms. The largest absolute Gasteiger partial charge is 0.392 e. The second-order valence-corrected chi connectivity index (χ2v) is 6.33. The smallest absolute Gasteiger partial charge is 0.0718 e. The number of hydrogen-bond donors (Lipinski definition) is 3. The summed E-state index contributed by atoms with van der Waals surface area (Å²) in [5, 5.41) is 22.5. The van der Waals surface area contributed by atoms with Crippen molar-refractivity contribution < 1.29 is 10.2 Å². The van der Waals surface area contributed by atoms with Crippen molar-refractivity contribution in [2.75, 3.05) is 18.1 Å². The van der Waals surface area contributed by atoms with Gasteiger partial charge in [-0.25, -0.2) is 0 Å². The number of β-amino-alcohol motifs (C(OH)–C–C–N with tert-alkyl or cyclic N) is 1. The number of aliphatic hydroxyl groups is 2. The van der Waals surface area contributed by atoms with Crippen molar-refractivity contribution in [3.8, 4) is 0 Å². The molecule has 1 aromatic rings. The molecule has 3 unspecified atom stereocenters. The second kappa shape index (κ2) is 11.1. The van der Waals surface area contributed by atoms with Gasteiger partial charge in [0.15, 0.2) is 0 Å². The predicted octanol–water partition coefficient (Wildman–Crippen LogP) is 2.46. The van der Waals surface area contributed by atoms with Crippen LogP contribution in [0, 0.1) is 0 Å². The summed E-state index contributed by atoms with van der Waals surface area (Å²) < 4.78 is 0. The minimum Gasteiger partial charge on any atom is -0.392 e. The molecule has 1 fully saturated rings. The molecule has 0 radical (unpaired) electrons. The Kier molecular flexibility index (Phi) is 9.76. The molecule has 120 valence electrons. The molecule has 3 nitrogen and oxygen atoms in total. The van der Waals surface area contributed by atoms with Gasteiger partial charge in [0.1, 0.15) is 0 Å². The third kappa shape index (κ3) is 7.32. The molecule has 1 aliphatic rings. The standard InChI is InChI=1S/C15H23NO2S.C2H6/c17-13-10-15(18)14(16-11-13)7-9-19-8-6-12-4-2-1-3-5-12;1-2/h1-5,13-18H,6-11H2;1-2H3. The van der Waals surface area contributed by atoms with Crippen LogP contribution in [0.5, 0.6) is 0 Å². The first kappa shape index (κ1) is 18.5. The Morgan fingerprint density at radius 2 is 1.86 bits per heavy atom. The van der Waals surface area contributed by atoms with Crippen LogP contribution in [0.25, 0.3) is 0 Å². The highest BCUT2D eigenvalue weighted by Gasteiger charge is 2.26. The normalized spacial score (nSPS) is 25.0. The van der Waals surface area contributed by atoms with Gasteiger partial charge in [0.05, 0.1) is 12.2 Å². The average molecular weight is 311 g/mol. The van der Waals surface area contributed by atoms with Crippen LogP contribution in [0.15, 0.2) is 30.3 Å². The number of benzene rings is 1. The monoisotopic (exact) mass is 311 g/mol. The van der Waals surface area contributed by atoms with Gasteiger partial charge in [0.25, 0.3) is 0 Å². The summed E-state index contributed by atoms with van der Waals surface area (Å²) in [7, 11) is 0. The SMILES string of the molecule is CC.OC1CNC(CCSCCc2ccccc2)C(O)C1. The molecule has 0 aliphatic carbocycles. The Balaban J connectivity index is 0.00000106. The third-order valence-corrected chi connectivity index (χ3v) is 4.56. The van der Waals surface area contributed by atoms with Crippen molar-refractivity contribution in [3.05, 3.63) is 35.9 Å². The fourth-order valence-corrected chi connectivity index (χ4v) is 3.40. The maximum Gasteiger partial charge on any atom is 0.0718 e. The van der Waals surface area contributed by atoms with Crippen LogP contribution in [0.3, 0.4) is 0 Å². The number of thioether (sulfide) groups is 1. The molecule has 21 heavy (non-hydrogen) atoms. The van der Waals surface area contributed by atoms with Crippen molar-refractivity contribution in [1.29, 1.82) is 0 Å². The molecule has 3 atom stereocenters. The van der Waals surface area contributed by atoms with Crippen LogP contribution < -0.4 is 5.32 Å². The first-order valence-corrected chi connectivity index (χ1v) is 9.12. The molecule has 0 spiro atoms. The van der Waals surface area contributed by atoms with E-state index in [-0.39, 0.29) is 6.04 Å². The second-order valence-electron chi connectivity index (χ2n) is 5.11. The molecule has 4 heteroatoms. The van der Waals surface area contributed by atoms with Crippen molar-refractivity contribution >= 4 is 11.8 Å². The molecule has 2 rings (SSSR count). The summed E-state index contributed by atoms with van der Waals surface area (Å²) in [5.41, 5.74) is 1.38. The van der Waals surface area contributed by atoms with E-state index in [1.807, 2.05) is 31.7 Å². The lowest BCUT2D eigenvalue weighted by Gasteiger charge is -2.31. The fourth-order valence-electron chi connectivity index (χ4n) is 2.39. The van der Waals surface area contributed by atoms with Crippen LogP contribution in [-0.4, -0.2) is 46.5 Å². The molecular formula is C17H29NO2S. The summed E-state index contributed by atoms with van der Waals surface area (Å²) in [6.45, 7) is 4.61. The Morgan fingerprint density at radius 1 is 1.14 bits per heavy atom. The van der Waals surface area contributed by atoms with Gasteiger partial charge in [-0.3, -0.25) is 0 Å². The van der Waals surface area contributed by atoms with Crippen LogP contribution >= 0.6 is 11.8 Å². The molecule has 1 heterocycles. The first-order chi connectivity index (χ1) is 10.3. The van der Waals surface area contributed by atoms with Gasteiger partial charge >= 0.3 is 0 Å². The first-order valence-electron chi connectivity index (χ1n) is 7.97. The van der Waals surface area contributed by atoms with Crippen molar-refractivity contribution in [3.63, 3.8) is 0 Å². The lowest BCUT2D eigenvalue weighted by atomic mass is 9.98. The van der Waals surface area contributed by atoms with E-state index in [0.29, 0.717) is 13.0 Å². The summed E-state index contributed by atoms with van der Waals surface area (Å²) >= 11 is 1.93. The van der Waals surface area contributed by atoms with E-state index >= 15 is 0 Å². The number of hydrogen-bond acceptors (Lipinski definition) is 4. The van der Waals surface area contributed by atoms with Gasteiger partial charge in [0, 0.05) is 19.0 Å². The zero-order valence-electron chi connectivity index (χ0n) is 13.2. The summed E-state index contributed by atoms with van der Waals surface area (Å²) in [5.74, 6) is 2.17. The predicted molar refractivity (Wildman–Crippen MR) is 91.9 cm³/mol. The van der Waals surface area contributed by atoms with E-state index < -0.39 is 12.2 Å². The number of nitrogens with one attached hydrogen (secondary N) is 1. The Bertz CT molecular complexity index is 361. The zero-order chi connectivity index (χ0) is 15.5. The molecule has 1 aliphatic heterocycles. The molecular weight excluding hydrogens is 282 g/mol. The van der Waals surface area contributed by atoms with Gasteiger partial charge in [-0.2, -0.15) is 11.8 Å². The Morgan fingerprint density at radius 3 is 2.52 bits per heavy atom. The van der Waals surface area contributed by atoms with E-state index in [1.165, 1.54) is 5.56 Å². The summed E-state index contributed by atoms with van der Waals surface area (Å²) in [6, 6.07) is 10.7. The Labute approximate surface area is 133 Å². The minimum absolute atomic E-state index is 0.146. The molecule has 1 saturated heterocycles. The van der Waals surface area contributed by atoms with E-state index in [2.05, 4.69) is 29.6 Å². The van der Waals surface area contributed by atoms with Crippen LogP contribution in [0.4, 0.5) is 0 Å². The number of aryl methyl sites for hydroxylation is 1. The molecule has 3 N–H and O–H groups in total. The highest BCUT2D eigenvalue weighted by atomic mass is 32.2. The minimum atomic E-state index is -0.404. The van der Waals surface area contributed by atoms with Gasteiger partial charge in [-0.05, 0) is 29.9 Å². The van der Waals surface area contributed by atoms with E-state index in [0.717, 1.165) is 24.3 Å². The molecule has 0 saturated carbocycles. The lowest BCUT2D eigenvalue weighted by Crippen LogP contribution is -2.50. The van der Waals surface area contributed by atoms with Gasteiger partial charge in [-0.15, -0.1) is 0 Å². The highest BCUT2D eigenvalue weighted by molar-refractivity contribution is 7.99. The van der Waals surface area contributed by atoms with Crippen LogP contribution in [0.2, 0.25) is 0 Å². The van der Waals surface area contributed by atoms with Gasteiger partial charge in [0.2, 0.25) is 0 Å². The maximum atomic E-state index is 9.84. The quantitative estimate of drug-likeness (QED) is 0.707. The highest BCUT2D eigenvalue weighted by Crippen LogP contribution is 2.15. The topological polar surface area (TPSA) is 52.5 Å².